The van der Waals surface area contributed by atoms with Crippen molar-refractivity contribution >= 4 is 23.5 Å². The van der Waals surface area contributed by atoms with Crippen molar-refractivity contribution in [2.75, 3.05) is 6.54 Å². The third-order valence-corrected chi connectivity index (χ3v) is 3.57. The number of Topliss-reactive ketones (excluding diaryl/α,β-unsaturated/α-hetero) is 1. The van der Waals surface area contributed by atoms with Crippen LogP contribution >= 0.6 is 11.8 Å². The SMILES string of the molecule is CCCNC(=O)C(C)Sc1cccc(C(C)=O)c1. The first-order chi connectivity index (χ1) is 8.54. The van der Waals surface area contributed by atoms with Gasteiger partial charge in [0.15, 0.2) is 5.78 Å². The standard InChI is InChI=1S/C14H19NO2S/c1-4-8-15-14(17)11(3)18-13-7-5-6-12(9-13)10(2)16/h5-7,9,11H,4,8H2,1-3H3,(H,15,17). The second-order valence-corrected chi connectivity index (χ2v) is 5.55. The van der Waals surface area contributed by atoms with Crippen LogP contribution in [0.2, 0.25) is 0 Å². The number of hydrogen-bond donors (Lipinski definition) is 1. The van der Waals surface area contributed by atoms with E-state index in [1.165, 1.54) is 11.8 Å². The molecule has 1 amide bonds. The number of rotatable bonds is 6. The summed E-state index contributed by atoms with van der Waals surface area (Å²) in [6.07, 6.45) is 0.933. The molecule has 0 bridgehead atoms. The third-order valence-electron chi connectivity index (χ3n) is 2.47. The molecule has 1 aromatic rings. The Morgan fingerprint density at radius 3 is 2.72 bits per heavy atom. The second kappa shape index (κ2) is 7.21. The number of nitrogens with one attached hydrogen (secondary N) is 1. The summed E-state index contributed by atoms with van der Waals surface area (Å²) in [6, 6.07) is 7.38. The van der Waals surface area contributed by atoms with Gasteiger partial charge < -0.3 is 5.32 Å². The van der Waals surface area contributed by atoms with E-state index in [0.29, 0.717) is 12.1 Å². The summed E-state index contributed by atoms with van der Waals surface area (Å²) < 4.78 is 0. The van der Waals surface area contributed by atoms with E-state index in [0.717, 1.165) is 11.3 Å². The smallest absolute Gasteiger partial charge is 0.233 e. The van der Waals surface area contributed by atoms with E-state index in [9.17, 15) is 9.59 Å². The number of hydrogen-bond acceptors (Lipinski definition) is 3. The first-order valence-corrected chi connectivity index (χ1v) is 6.98. The van der Waals surface area contributed by atoms with Crippen molar-refractivity contribution in [3.63, 3.8) is 0 Å². The van der Waals surface area contributed by atoms with Gasteiger partial charge >= 0.3 is 0 Å². The molecule has 0 aliphatic rings. The lowest BCUT2D eigenvalue weighted by Crippen LogP contribution is -2.31. The van der Waals surface area contributed by atoms with E-state index >= 15 is 0 Å². The third kappa shape index (κ3) is 4.53. The van der Waals surface area contributed by atoms with Gasteiger partial charge in [-0.1, -0.05) is 19.1 Å². The molecule has 0 aliphatic carbocycles. The molecule has 3 nitrogen and oxygen atoms in total. The maximum Gasteiger partial charge on any atom is 0.233 e. The Kier molecular flexibility index (Phi) is 5.92. The zero-order valence-corrected chi connectivity index (χ0v) is 11.8. The van der Waals surface area contributed by atoms with Crippen LogP contribution < -0.4 is 5.32 Å². The predicted octanol–water partition coefficient (Wildman–Crippen LogP) is 2.90. The molecule has 18 heavy (non-hydrogen) atoms. The van der Waals surface area contributed by atoms with Crippen LogP contribution in [0.25, 0.3) is 0 Å². The molecule has 0 heterocycles. The minimum absolute atomic E-state index is 0.0371. The lowest BCUT2D eigenvalue weighted by molar-refractivity contribution is -0.120. The fourth-order valence-corrected chi connectivity index (χ4v) is 2.39. The van der Waals surface area contributed by atoms with E-state index < -0.39 is 0 Å². The Bertz CT molecular complexity index is 432. The van der Waals surface area contributed by atoms with Gasteiger partial charge in [-0.25, -0.2) is 0 Å². The van der Waals surface area contributed by atoms with Crippen molar-refractivity contribution in [3.8, 4) is 0 Å². The van der Waals surface area contributed by atoms with Gasteiger partial charge in [0.1, 0.15) is 0 Å². The van der Waals surface area contributed by atoms with Crippen molar-refractivity contribution < 1.29 is 9.59 Å². The Labute approximate surface area is 112 Å². The molecule has 1 unspecified atom stereocenters. The highest BCUT2D eigenvalue weighted by Gasteiger charge is 2.13. The van der Waals surface area contributed by atoms with Crippen molar-refractivity contribution in [2.24, 2.45) is 0 Å². The Hall–Kier alpha value is -1.29. The molecule has 0 aromatic heterocycles. The summed E-state index contributed by atoms with van der Waals surface area (Å²) in [5.41, 5.74) is 0.682. The van der Waals surface area contributed by atoms with Crippen LogP contribution in [0, 0.1) is 0 Å². The molecule has 0 aliphatic heterocycles. The van der Waals surface area contributed by atoms with E-state index in [2.05, 4.69) is 5.32 Å². The predicted molar refractivity (Wildman–Crippen MR) is 75.1 cm³/mol. The van der Waals surface area contributed by atoms with Gasteiger partial charge in [-0.2, -0.15) is 0 Å². The van der Waals surface area contributed by atoms with E-state index in [4.69, 9.17) is 0 Å². The first-order valence-electron chi connectivity index (χ1n) is 6.10. The van der Waals surface area contributed by atoms with E-state index in [1.807, 2.05) is 32.0 Å². The van der Waals surface area contributed by atoms with Crippen LogP contribution in [-0.4, -0.2) is 23.5 Å². The molecular formula is C14H19NO2S. The Balaban J connectivity index is 2.63. The molecule has 4 heteroatoms. The Morgan fingerprint density at radius 1 is 1.39 bits per heavy atom. The molecule has 0 spiro atoms. The van der Waals surface area contributed by atoms with E-state index in [1.54, 1.807) is 13.0 Å². The highest BCUT2D eigenvalue weighted by Crippen LogP contribution is 2.24. The monoisotopic (exact) mass is 265 g/mol. The summed E-state index contributed by atoms with van der Waals surface area (Å²) in [5.74, 6) is 0.0793. The largest absolute Gasteiger partial charge is 0.355 e. The van der Waals surface area contributed by atoms with Gasteiger partial charge in [-0.05, 0) is 32.4 Å². The number of amides is 1. The molecule has 0 fully saturated rings. The van der Waals surface area contributed by atoms with Crippen LogP contribution in [-0.2, 0) is 4.79 Å². The zero-order valence-electron chi connectivity index (χ0n) is 11.0. The number of carbonyl (C=O) groups is 2. The molecule has 98 valence electrons. The molecule has 1 rings (SSSR count). The van der Waals surface area contributed by atoms with Gasteiger partial charge in [-0.3, -0.25) is 9.59 Å². The fourth-order valence-electron chi connectivity index (χ4n) is 1.44. The van der Waals surface area contributed by atoms with Crippen molar-refractivity contribution in [3.05, 3.63) is 29.8 Å². The average molecular weight is 265 g/mol. The first kappa shape index (κ1) is 14.8. The summed E-state index contributed by atoms with van der Waals surface area (Å²) in [5, 5.41) is 2.71. The summed E-state index contributed by atoms with van der Waals surface area (Å²) in [4.78, 5) is 23.9. The van der Waals surface area contributed by atoms with Gasteiger partial charge in [0.05, 0.1) is 5.25 Å². The zero-order chi connectivity index (χ0) is 13.5. The second-order valence-electron chi connectivity index (χ2n) is 4.14. The minimum atomic E-state index is -0.154. The van der Waals surface area contributed by atoms with Crippen LogP contribution in [0.5, 0.6) is 0 Å². The van der Waals surface area contributed by atoms with Gasteiger partial charge in [0.2, 0.25) is 5.91 Å². The summed E-state index contributed by atoms with van der Waals surface area (Å²) >= 11 is 1.47. The maximum atomic E-state index is 11.7. The van der Waals surface area contributed by atoms with Crippen molar-refractivity contribution in [1.29, 1.82) is 0 Å². The quantitative estimate of drug-likeness (QED) is 0.635. The molecule has 0 saturated carbocycles. The van der Waals surface area contributed by atoms with Crippen LogP contribution in [0.3, 0.4) is 0 Å². The maximum absolute atomic E-state index is 11.7. The lowest BCUT2D eigenvalue weighted by atomic mass is 10.2. The minimum Gasteiger partial charge on any atom is -0.355 e. The van der Waals surface area contributed by atoms with Crippen molar-refractivity contribution in [2.45, 2.75) is 37.3 Å². The Morgan fingerprint density at radius 2 is 2.11 bits per heavy atom. The van der Waals surface area contributed by atoms with Gasteiger partial charge in [0.25, 0.3) is 0 Å². The normalized spacial score (nSPS) is 11.9. The van der Waals surface area contributed by atoms with Crippen LogP contribution in [0.1, 0.15) is 37.6 Å². The topological polar surface area (TPSA) is 46.2 Å². The lowest BCUT2D eigenvalue weighted by Gasteiger charge is -2.11. The highest BCUT2D eigenvalue weighted by molar-refractivity contribution is 8.00. The number of carbonyl (C=O) groups excluding carboxylic acids is 2. The van der Waals surface area contributed by atoms with Crippen molar-refractivity contribution in [1.82, 2.24) is 5.32 Å². The number of thioether (sulfide) groups is 1. The molecule has 1 aromatic carbocycles. The summed E-state index contributed by atoms with van der Waals surface area (Å²) in [6.45, 7) is 6.14. The van der Waals surface area contributed by atoms with E-state index in [-0.39, 0.29) is 16.9 Å². The molecule has 0 radical (unpaired) electrons. The molecule has 0 saturated heterocycles. The number of benzene rings is 1. The summed E-state index contributed by atoms with van der Waals surface area (Å²) in [7, 11) is 0. The van der Waals surface area contributed by atoms with Crippen LogP contribution in [0.4, 0.5) is 0 Å². The molecule has 1 atom stereocenters. The van der Waals surface area contributed by atoms with Gasteiger partial charge in [0, 0.05) is 17.0 Å². The van der Waals surface area contributed by atoms with Gasteiger partial charge in [-0.15, -0.1) is 11.8 Å². The molecular weight excluding hydrogens is 246 g/mol. The average Bonchev–Trinajstić information content (AvgIpc) is 2.36. The van der Waals surface area contributed by atoms with Crippen LogP contribution in [0.15, 0.2) is 29.2 Å². The number of ketones is 1. The molecule has 1 N–H and O–H groups in total. The highest BCUT2D eigenvalue weighted by atomic mass is 32.2. The fraction of sp³-hybridized carbons (Fsp3) is 0.429.